The third-order valence-electron chi connectivity index (χ3n) is 2.61. The van der Waals surface area contributed by atoms with Crippen molar-refractivity contribution in [2.24, 2.45) is 0 Å². The molecule has 0 aliphatic carbocycles. The van der Waals surface area contributed by atoms with Gasteiger partial charge in [0.05, 0.1) is 11.9 Å². The molecule has 0 aliphatic heterocycles. The van der Waals surface area contributed by atoms with E-state index in [1.165, 1.54) is 12.1 Å². The molecule has 18 heavy (non-hydrogen) atoms. The second-order valence-electron chi connectivity index (χ2n) is 4.43. The van der Waals surface area contributed by atoms with E-state index in [1.54, 1.807) is 24.7 Å². The van der Waals surface area contributed by atoms with E-state index in [1.807, 2.05) is 0 Å². The van der Waals surface area contributed by atoms with Gasteiger partial charge in [-0.3, -0.25) is 9.97 Å². The summed E-state index contributed by atoms with van der Waals surface area (Å²) in [6, 6.07) is 5.14. The molecule has 1 N–H and O–H groups in total. The van der Waals surface area contributed by atoms with Crippen molar-refractivity contribution in [1.82, 2.24) is 15.3 Å². The molecule has 1 heterocycles. The van der Waals surface area contributed by atoms with Gasteiger partial charge in [-0.2, -0.15) is 0 Å². The van der Waals surface area contributed by atoms with Crippen LogP contribution in [-0.2, 0) is 6.54 Å². The minimum atomic E-state index is -0.260. The van der Waals surface area contributed by atoms with Crippen LogP contribution in [0.3, 0.4) is 0 Å². The van der Waals surface area contributed by atoms with Gasteiger partial charge >= 0.3 is 0 Å². The highest BCUT2D eigenvalue weighted by Gasteiger charge is 2.08. The Bertz CT molecular complexity index is 512. The number of nitrogens with one attached hydrogen (secondary N) is 1. The van der Waals surface area contributed by atoms with E-state index < -0.39 is 0 Å². The van der Waals surface area contributed by atoms with Gasteiger partial charge in [0.25, 0.3) is 0 Å². The quantitative estimate of drug-likeness (QED) is 0.900. The molecule has 1 aromatic carbocycles. The van der Waals surface area contributed by atoms with Crippen LogP contribution in [0.4, 0.5) is 4.39 Å². The normalized spacial score (nSPS) is 10.9. The van der Waals surface area contributed by atoms with Crippen molar-refractivity contribution in [3.8, 4) is 11.3 Å². The summed E-state index contributed by atoms with van der Waals surface area (Å²) in [5, 5.41) is 3.32. The fourth-order valence-electron chi connectivity index (χ4n) is 1.69. The summed E-state index contributed by atoms with van der Waals surface area (Å²) >= 11 is 0. The average molecular weight is 245 g/mol. The number of benzene rings is 1. The monoisotopic (exact) mass is 245 g/mol. The molecule has 0 spiro atoms. The summed E-state index contributed by atoms with van der Waals surface area (Å²) in [6.07, 6.45) is 4.86. The first-order valence-corrected chi connectivity index (χ1v) is 5.95. The second kappa shape index (κ2) is 5.69. The SMILES string of the molecule is CC(C)NCc1ccc(F)cc1-c1cnccn1. The zero-order valence-corrected chi connectivity index (χ0v) is 10.5. The molecule has 0 atom stereocenters. The number of nitrogens with zero attached hydrogens (tertiary/aromatic N) is 2. The molecule has 1 aromatic heterocycles. The standard InChI is InChI=1S/C14H16FN3/c1-10(2)18-8-11-3-4-12(15)7-13(11)14-9-16-5-6-17-14/h3-7,9-10,18H,8H2,1-2H3. The summed E-state index contributed by atoms with van der Waals surface area (Å²) in [6.45, 7) is 4.83. The molecule has 94 valence electrons. The predicted molar refractivity (Wildman–Crippen MR) is 69.4 cm³/mol. The Morgan fingerprint density at radius 1 is 1.28 bits per heavy atom. The van der Waals surface area contributed by atoms with E-state index >= 15 is 0 Å². The minimum absolute atomic E-state index is 0.260. The topological polar surface area (TPSA) is 37.8 Å². The molecular formula is C14H16FN3. The Kier molecular flexibility index (Phi) is 3.99. The Labute approximate surface area is 106 Å². The molecule has 2 rings (SSSR count). The number of hydrogen-bond donors (Lipinski definition) is 1. The zero-order chi connectivity index (χ0) is 13.0. The van der Waals surface area contributed by atoms with Gasteiger partial charge in [0, 0.05) is 30.5 Å². The highest BCUT2D eigenvalue weighted by atomic mass is 19.1. The summed E-state index contributed by atoms with van der Waals surface area (Å²) in [5.41, 5.74) is 2.50. The summed E-state index contributed by atoms with van der Waals surface area (Å²) in [5.74, 6) is -0.260. The highest BCUT2D eigenvalue weighted by molar-refractivity contribution is 5.62. The summed E-state index contributed by atoms with van der Waals surface area (Å²) in [7, 11) is 0. The van der Waals surface area contributed by atoms with Crippen LogP contribution in [0.5, 0.6) is 0 Å². The van der Waals surface area contributed by atoms with Crippen molar-refractivity contribution in [3.05, 3.63) is 48.2 Å². The van der Waals surface area contributed by atoms with Gasteiger partial charge in [-0.15, -0.1) is 0 Å². The third-order valence-corrected chi connectivity index (χ3v) is 2.61. The maximum absolute atomic E-state index is 13.4. The second-order valence-corrected chi connectivity index (χ2v) is 4.43. The smallest absolute Gasteiger partial charge is 0.123 e. The van der Waals surface area contributed by atoms with Crippen molar-refractivity contribution in [1.29, 1.82) is 0 Å². The van der Waals surface area contributed by atoms with Crippen molar-refractivity contribution >= 4 is 0 Å². The Hall–Kier alpha value is -1.81. The molecule has 0 bridgehead atoms. The molecular weight excluding hydrogens is 229 g/mol. The van der Waals surface area contributed by atoms with Crippen molar-refractivity contribution in [2.45, 2.75) is 26.4 Å². The van der Waals surface area contributed by atoms with Gasteiger partial charge in [0.1, 0.15) is 5.82 Å². The van der Waals surface area contributed by atoms with E-state index in [-0.39, 0.29) is 5.82 Å². The molecule has 0 saturated heterocycles. The molecule has 0 saturated carbocycles. The van der Waals surface area contributed by atoms with Gasteiger partial charge in [0.15, 0.2) is 0 Å². The van der Waals surface area contributed by atoms with Crippen LogP contribution in [0.2, 0.25) is 0 Å². The molecule has 0 unspecified atom stereocenters. The minimum Gasteiger partial charge on any atom is -0.310 e. The lowest BCUT2D eigenvalue weighted by Crippen LogP contribution is -2.22. The van der Waals surface area contributed by atoms with Gasteiger partial charge in [-0.25, -0.2) is 4.39 Å². The maximum atomic E-state index is 13.4. The van der Waals surface area contributed by atoms with Crippen LogP contribution in [0.25, 0.3) is 11.3 Å². The molecule has 0 radical (unpaired) electrons. The predicted octanol–water partition coefficient (Wildman–Crippen LogP) is 2.78. The molecule has 2 aromatic rings. The molecule has 4 heteroatoms. The molecule has 0 aliphatic rings. The fourth-order valence-corrected chi connectivity index (χ4v) is 1.69. The van der Waals surface area contributed by atoms with Crippen LogP contribution < -0.4 is 5.32 Å². The van der Waals surface area contributed by atoms with Crippen molar-refractivity contribution in [2.75, 3.05) is 0 Å². The first kappa shape index (κ1) is 12.6. The van der Waals surface area contributed by atoms with E-state index in [2.05, 4.69) is 29.1 Å². The lowest BCUT2D eigenvalue weighted by molar-refractivity contribution is 0.587. The molecule has 3 nitrogen and oxygen atoms in total. The maximum Gasteiger partial charge on any atom is 0.123 e. The Morgan fingerprint density at radius 3 is 2.78 bits per heavy atom. The van der Waals surface area contributed by atoms with E-state index in [4.69, 9.17) is 0 Å². The molecule has 0 amide bonds. The summed E-state index contributed by atoms with van der Waals surface area (Å²) in [4.78, 5) is 8.24. The lowest BCUT2D eigenvalue weighted by atomic mass is 10.0. The van der Waals surface area contributed by atoms with Gasteiger partial charge in [-0.1, -0.05) is 19.9 Å². The summed E-state index contributed by atoms with van der Waals surface area (Å²) < 4.78 is 13.4. The lowest BCUT2D eigenvalue weighted by Gasteiger charge is -2.12. The van der Waals surface area contributed by atoms with Crippen molar-refractivity contribution in [3.63, 3.8) is 0 Å². The van der Waals surface area contributed by atoms with E-state index in [9.17, 15) is 4.39 Å². The number of aromatic nitrogens is 2. The average Bonchev–Trinajstić information content (AvgIpc) is 2.38. The van der Waals surface area contributed by atoms with Crippen molar-refractivity contribution < 1.29 is 4.39 Å². The van der Waals surface area contributed by atoms with Crippen LogP contribution >= 0.6 is 0 Å². The zero-order valence-electron chi connectivity index (χ0n) is 10.5. The van der Waals surface area contributed by atoms with Crippen LogP contribution in [0.1, 0.15) is 19.4 Å². The number of halogens is 1. The van der Waals surface area contributed by atoms with E-state index in [0.29, 0.717) is 18.3 Å². The van der Waals surface area contributed by atoms with E-state index in [0.717, 1.165) is 11.1 Å². The number of hydrogen-bond acceptors (Lipinski definition) is 3. The largest absolute Gasteiger partial charge is 0.310 e. The van der Waals surface area contributed by atoms with Crippen LogP contribution in [0, 0.1) is 5.82 Å². The Morgan fingerprint density at radius 2 is 2.11 bits per heavy atom. The van der Waals surface area contributed by atoms with Gasteiger partial charge in [0.2, 0.25) is 0 Å². The third kappa shape index (κ3) is 3.11. The first-order valence-electron chi connectivity index (χ1n) is 5.95. The molecule has 0 fully saturated rings. The van der Waals surface area contributed by atoms with Crippen LogP contribution in [0.15, 0.2) is 36.8 Å². The van der Waals surface area contributed by atoms with Crippen LogP contribution in [-0.4, -0.2) is 16.0 Å². The fraction of sp³-hybridized carbons (Fsp3) is 0.286. The van der Waals surface area contributed by atoms with Gasteiger partial charge < -0.3 is 5.32 Å². The first-order chi connectivity index (χ1) is 8.66. The highest BCUT2D eigenvalue weighted by Crippen LogP contribution is 2.22. The number of rotatable bonds is 4. The van der Waals surface area contributed by atoms with Gasteiger partial charge in [-0.05, 0) is 17.7 Å². The Balaban J connectivity index is 2.35.